The van der Waals surface area contributed by atoms with Crippen LogP contribution in [0.3, 0.4) is 0 Å². The molecule has 0 fully saturated rings. The minimum atomic E-state index is -0.0272. The normalized spacial score (nSPS) is 11.0. The van der Waals surface area contributed by atoms with E-state index >= 15 is 0 Å². The zero-order chi connectivity index (χ0) is 18.6. The molecule has 4 rings (SSSR count). The average molecular weight is 440 g/mol. The smallest absolute Gasteiger partial charge is 0.261 e. The number of thiophene rings is 1. The highest BCUT2D eigenvalue weighted by Gasteiger charge is 2.12. The van der Waals surface area contributed by atoms with Crippen LogP contribution in [0.2, 0.25) is 0 Å². The maximum Gasteiger partial charge on any atom is 0.261 e. The van der Waals surface area contributed by atoms with Crippen LogP contribution in [0.25, 0.3) is 11.0 Å². The van der Waals surface area contributed by atoms with E-state index in [9.17, 15) is 4.79 Å². The highest BCUT2D eigenvalue weighted by molar-refractivity contribution is 9.10. The molecule has 0 aliphatic carbocycles. The maximum atomic E-state index is 12.1. The average Bonchev–Trinajstić information content (AvgIpc) is 3.33. The first-order valence-electron chi connectivity index (χ1n) is 8.71. The van der Waals surface area contributed by atoms with Gasteiger partial charge in [0.25, 0.3) is 5.91 Å². The predicted molar refractivity (Wildman–Crippen MR) is 113 cm³/mol. The van der Waals surface area contributed by atoms with E-state index in [0.29, 0.717) is 13.0 Å². The number of hydrogen-bond acceptors (Lipinski definition) is 3. The molecule has 27 heavy (non-hydrogen) atoms. The van der Waals surface area contributed by atoms with E-state index in [1.807, 2.05) is 35.7 Å². The van der Waals surface area contributed by atoms with E-state index in [1.54, 1.807) is 0 Å². The third-order valence-corrected chi connectivity index (χ3v) is 5.76. The lowest BCUT2D eigenvalue weighted by atomic mass is 10.2. The Labute approximate surface area is 170 Å². The molecule has 2 aromatic heterocycles. The second kappa shape index (κ2) is 8.06. The number of carbonyl (C=O) groups excluding carboxylic acids is 1. The second-order valence-corrected chi connectivity index (χ2v) is 8.08. The molecule has 1 amide bonds. The molecule has 6 heteroatoms. The highest BCUT2D eigenvalue weighted by Crippen LogP contribution is 2.19. The van der Waals surface area contributed by atoms with Gasteiger partial charge in [0, 0.05) is 24.0 Å². The Morgan fingerprint density at radius 3 is 2.67 bits per heavy atom. The van der Waals surface area contributed by atoms with E-state index in [1.165, 1.54) is 16.9 Å². The van der Waals surface area contributed by atoms with Crippen molar-refractivity contribution in [1.82, 2.24) is 14.9 Å². The number of benzene rings is 2. The SMILES string of the molecule is O=C(NCCc1nc2ccccc2n1Cc1ccc(Br)cc1)c1cccs1. The van der Waals surface area contributed by atoms with Crippen molar-refractivity contribution in [2.45, 2.75) is 13.0 Å². The van der Waals surface area contributed by atoms with E-state index in [0.717, 1.165) is 32.8 Å². The van der Waals surface area contributed by atoms with E-state index in [2.05, 4.69) is 56.1 Å². The molecule has 0 bridgehead atoms. The number of carbonyl (C=O) groups is 1. The Balaban J connectivity index is 1.54. The van der Waals surface area contributed by atoms with Gasteiger partial charge in [0.15, 0.2) is 0 Å². The molecule has 2 aromatic carbocycles. The molecule has 0 atom stereocenters. The van der Waals surface area contributed by atoms with Gasteiger partial charge in [-0.15, -0.1) is 11.3 Å². The van der Waals surface area contributed by atoms with Crippen molar-refractivity contribution < 1.29 is 4.79 Å². The Bertz CT molecular complexity index is 1050. The van der Waals surface area contributed by atoms with Gasteiger partial charge < -0.3 is 9.88 Å². The lowest BCUT2D eigenvalue weighted by Crippen LogP contribution is -2.25. The number of imidazole rings is 1. The van der Waals surface area contributed by atoms with E-state index in [-0.39, 0.29) is 5.91 Å². The molecule has 0 spiro atoms. The topological polar surface area (TPSA) is 46.9 Å². The minimum absolute atomic E-state index is 0.0272. The number of halogens is 1. The van der Waals surface area contributed by atoms with E-state index < -0.39 is 0 Å². The fourth-order valence-electron chi connectivity index (χ4n) is 3.05. The summed E-state index contributed by atoms with van der Waals surface area (Å²) in [4.78, 5) is 17.7. The number of para-hydroxylation sites is 2. The van der Waals surface area contributed by atoms with Crippen molar-refractivity contribution in [2.75, 3.05) is 6.54 Å². The molecular formula is C21H18BrN3OS. The fraction of sp³-hybridized carbons (Fsp3) is 0.143. The van der Waals surface area contributed by atoms with Crippen LogP contribution in [0, 0.1) is 0 Å². The summed E-state index contributed by atoms with van der Waals surface area (Å²) in [6.45, 7) is 1.31. The molecular weight excluding hydrogens is 422 g/mol. The van der Waals surface area contributed by atoms with Crippen LogP contribution in [0.4, 0.5) is 0 Å². The molecule has 1 N–H and O–H groups in total. The van der Waals surface area contributed by atoms with Crippen LogP contribution in [0.1, 0.15) is 21.1 Å². The summed E-state index contributed by atoms with van der Waals surface area (Å²) in [5, 5.41) is 4.90. The van der Waals surface area contributed by atoms with Crippen molar-refractivity contribution in [2.24, 2.45) is 0 Å². The van der Waals surface area contributed by atoms with Crippen molar-refractivity contribution in [3.05, 3.63) is 86.8 Å². The number of fused-ring (bicyclic) bond motifs is 1. The molecule has 0 aliphatic rings. The molecule has 136 valence electrons. The Kier molecular flexibility index (Phi) is 5.36. The first kappa shape index (κ1) is 17.9. The van der Waals surface area contributed by atoms with Crippen LogP contribution in [-0.4, -0.2) is 22.0 Å². The summed E-state index contributed by atoms with van der Waals surface area (Å²) in [6, 6.07) is 20.2. The van der Waals surface area contributed by atoms with Gasteiger partial charge in [-0.25, -0.2) is 4.98 Å². The van der Waals surface area contributed by atoms with Gasteiger partial charge in [-0.05, 0) is 41.3 Å². The molecule has 0 saturated heterocycles. The van der Waals surface area contributed by atoms with Crippen LogP contribution < -0.4 is 5.32 Å². The van der Waals surface area contributed by atoms with Crippen molar-refractivity contribution in [1.29, 1.82) is 0 Å². The zero-order valence-corrected chi connectivity index (χ0v) is 17.0. The number of nitrogens with zero attached hydrogens (tertiary/aromatic N) is 2. The molecule has 4 nitrogen and oxygen atoms in total. The summed E-state index contributed by atoms with van der Waals surface area (Å²) >= 11 is 4.93. The van der Waals surface area contributed by atoms with Gasteiger partial charge in [0.1, 0.15) is 5.82 Å². The summed E-state index contributed by atoms with van der Waals surface area (Å²) in [5.41, 5.74) is 3.31. The Morgan fingerprint density at radius 2 is 1.89 bits per heavy atom. The molecule has 4 aromatic rings. The predicted octanol–water partition coefficient (Wildman–Crippen LogP) is 4.88. The summed E-state index contributed by atoms with van der Waals surface area (Å²) in [6.07, 6.45) is 0.683. The standard InChI is InChI=1S/C21H18BrN3OS/c22-16-9-7-15(8-10-16)14-25-18-5-2-1-4-17(18)24-20(25)11-12-23-21(26)19-6-3-13-27-19/h1-10,13H,11-12,14H2,(H,23,26). The summed E-state index contributed by atoms with van der Waals surface area (Å²) in [7, 11) is 0. The summed E-state index contributed by atoms with van der Waals surface area (Å²) in [5.74, 6) is 0.950. The number of hydrogen-bond donors (Lipinski definition) is 1. The highest BCUT2D eigenvalue weighted by atomic mass is 79.9. The lowest BCUT2D eigenvalue weighted by Gasteiger charge is -2.10. The van der Waals surface area contributed by atoms with Gasteiger partial charge in [-0.1, -0.05) is 46.3 Å². The first-order chi connectivity index (χ1) is 13.2. The number of nitrogens with one attached hydrogen (secondary N) is 1. The second-order valence-electron chi connectivity index (χ2n) is 6.21. The van der Waals surface area contributed by atoms with Gasteiger partial charge in [0.05, 0.1) is 15.9 Å². The van der Waals surface area contributed by atoms with Gasteiger partial charge in [0.2, 0.25) is 0 Å². The van der Waals surface area contributed by atoms with Crippen molar-refractivity contribution in [3.8, 4) is 0 Å². The number of aromatic nitrogens is 2. The maximum absolute atomic E-state index is 12.1. The monoisotopic (exact) mass is 439 g/mol. The first-order valence-corrected chi connectivity index (χ1v) is 10.4. The molecule has 0 unspecified atom stereocenters. The quantitative estimate of drug-likeness (QED) is 0.465. The van der Waals surface area contributed by atoms with Gasteiger partial charge >= 0.3 is 0 Å². The molecule has 0 radical (unpaired) electrons. The van der Waals surface area contributed by atoms with Crippen LogP contribution >= 0.6 is 27.3 Å². The third kappa shape index (κ3) is 4.12. The molecule has 0 saturated carbocycles. The third-order valence-electron chi connectivity index (χ3n) is 4.37. The fourth-order valence-corrected chi connectivity index (χ4v) is 3.95. The van der Waals surface area contributed by atoms with Gasteiger partial charge in [-0.2, -0.15) is 0 Å². The minimum Gasteiger partial charge on any atom is -0.351 e. The van der Waals surface area contributed by atoms with Gasteiger partial charge in [-0.3, -0.25) is 4.79 Å². The number of amides is 1. The van der Waals surface area contributed by atoms with E-state index in [4.69, 9.17) is 4.98 Å². The summed E-state index contributed by atoms with van der Waals surface area (Å²) < 4.78 is 3.30. The Morgan fingerprint density at radius 1 is 1.07 bits per heavy atom. The van der Waals surface area contributed by atoms with Crippen LogP contribution in [-0.2, 0) is 13.0 Å². The largest absolute Gasteiger partial charge is 0.351 e. The van der Waals surface area contributed by atoms with Crippen LogP contribution in [0.5, 0.6) is 0 Å². The van der Waals surface area contributed by atoms with Crippen molar-refractivity contribution in [3.63, 3.8) is 0 Å². The lowest BCUT2D eigenvalue weighted by molar-refractivity contribution is 0.0958. The number of rotatable bonds is 6. The van der Waals surface area contributed by atoms with Crippen LogP contribution in [0.15, 0.2) is 70.5 Å². The molecule has 2 heterocycles. The zero-order valence-electron chi connectivity index (χ0n) is 14.6. The Hall–Kier alpha value is -2.44. The molecule has 0 aliphatic heterocycles. The van der Waals surface area contributed by atoms with Crippen molar-refractivity contribution >= 4 is 44.2 Å².